The highest BCUT2D eigenvalue weighted by Crippen LogP contribution is 2.33. The van der Waals surface area contributed by atoms with Gasteiger partial charge in [0.25, 0.3) is 5.89 Å². The summed E-state index contributed by atoms with van der Waals surface area (Å²) in [6.45, 7) is 11.2. The van der Waals surface area contributed by atoms with Crippen LogP contribution in [0.15, 0.2) is 47.1 Å². The van der Waals surface area contributed by atoms with Gasteiger partial charge in [0.15, 0.2) is 0 Å². The first-order chi connectivity index (χ1) is 12.6. The van der Waals surface area contributed by atoms with Crippen LogP contribution in [0, 0.1) is 6.57 Å². The van der Waals surface area contributed by atoms with Crippen LogP contribution < -0.4 is 4.74 Å². The second-order valence-corrected chi connectivity index (χ2v) is 6.06. The van der Waals surface area contributed by atoms with Crippen LogP contribution in [0.2, 0.25) is 0 Å². The van der Waals surface area contributed by atoms with Crippen molar-refractivity contribution in [2.45, 2.75) is 20.0 Å². The van der Waals surface area contributed by atoms with Crippen LogP contribution in [0.3, 0.4) is 0 Å². The molecular weight excluding hydrogens is 330 g/mol. The Balaban J connectivity index is 1.68. The van der Waals surface area contributed by atoms with Crippen molar-refractivity contribution < 1.29 is 9.26 Å². The number of aromatic nitrogens is 4. The van der Waals surface area contributed by atoms with Crippen LogP contribution in [0.4, 0.5) is 5.69 Å². The smallest absolute Gasteiger partial charge is 0.256 e. The molecule has 0 amide bonds. The van der Waals surface area contributed by atoms with Crippen molar-refractivity contribution in [1.82, 2.24) is 20.3 Å². The highest BCUT2D eigenvalue weighted by atomic mass is 16.5. The number of nitrogens with one attached hydrogen (secondary N) is 1. The number of hydrogen-bond donors (Lipinski definition) is 1. The molecule has 0 spiro atoms. The number of ether oxygens (including phenoxy) is 1. The highest BCUT2D eigenvalue weighted by molar-refractivity contribution is 5.82. The summed E-state index contributed by atoms with van der Waals surface area (Å²) < 4.78 is 11.0. The van der Waals surface area contributed by atoms with E-state index in [-0.39, 0.29) is 6.10 Å². The molecule has 26 heavy (non-hydrogen) atoms. The summed E-state index contributed by atoms with van der Waals surface area (Å²) in [4.78, 5) is 7.98. The number of fused-ring (bicyclic) bond motifs is 1. The lowest BCUT2D eigenvalue weighted by Gasteiger charge is -2.11. The van der Waals surface area contributed by atoms with Crippen LogP contribution in [0.25, 0.3) is 38.6 Å². The van der Waals surface area contributed by atoms with Gasteiger partial charge >= 0.3 is 0 Å². The zero-order chi connectivity index (χ0) is 18.1. The van der Waals surface area contributed by atoms with Crippen molar-refractivity contribution in [3.8, 4) is 28.6 Å². The molecule has 0 saturated carbocycles. The summed E-state index contributed by atoms with van der Waals surface area (Å²) in [7, 11) is 0. The summed E-state index contributed by atoms with van der Waals surface area (Å²) in [5, 5.41) is 11.9. The molecule has 1 N–H and O–H groups in total. The van der Waals surface area contributed by atoms with Gasteiger partial charge in [-0.25, -0.2) is 4.85 Å². The van der Waals surface area contributed by atoms with Crippen molar-refractivity contribution in [3.63, 3.8) is 0 Å². The maximum absolute atomic E-state index is 7.36. The molecule has 0 fully saturated rings. The van der Waals surface area contributed by atoms with Gasteiger partial charge in [-0.2, -0.15) is 10.1 Å². The number of benzene rings is 2. The molecule has 7 heteroatoms. The summed E-state index contributed by atoms with van der Waals surface area (Å²) in [6.07, 6.45) is 1.74. The maximum atomic E-state index is 7.36. The van der Waals surface area contributed by atoms with E-state index in [9.17, 15) is 0 Å². The molecule has 2 aromatic carbocycles. The monoisotopic (exact) mass is 345 g/mol. The van der Waals surface area contributed by atoms with E-state index in [1.807, 2.05) is 38.1 Å². The summed E-state index contributed by atoms with van der Waals surface area (Å²) in [6, 6.07) is 11.0. The third kappa shape index (κ3) is 2.89. The normalized spacial score (nSPS) is 11.0. The van der Waals surface area contributed by atoms with Gasteiger partial charge in [0.05, 0.1) is 24.4 Å². The Morgan fingerprint density at radius 2 is 2.00 bits per heavy atom. The van der Waals surface area contributed by atoms with Crippen molar-refractivity contribution in [2.24, 2.45) is 0 Å². The number of H-pyrrole nitrogens is 1. The zero-order valence-corrected chi connectivity index (χ0v) is 14.2. The third-order valence-corrected chi connectivity index (χ3v) is 3.81. The van der Waals surface area contributed by atoms with E-state index in [1.165, 1.54) is 0 Å². The average Bonchev–Trinajstić information content (AvgIpc) is 3.30. The zero-order valence-electron chi connectivity index (χ0n) is 14.2. The summed E-state index contributed by atoms with van der Waals surface area (Å²) in [5.41, 5.74) is 2.87. The molecule has 4 aromatic rings. The van der Waals surface area contributed by atoms with Gasteiger partial charge in [-0.15, -0.1) is 0 Å². The minimum Gasteiger partial charge on any atom is -0.502 e. The minimum atomic E-state index is -0.00537. The molecule has 0 aliphatic carbocycles. The molecule has 0 atom stereocenters. The van der Waals surface area contributed by atoms with Crippen molar-refractivity contribution in [2.75, 3.05) is 0 Å². The van der Waals surface area contributed by atoms with Gasteiger partial charge < -0.3 is 9.26 Å². The predicted octanol–water partition coefficient (Wildman–Crippen LogP) is 4.62. The van der Waals surface area contributed by atoms with E-state index in [0.29, 0.717) is 28.7 Å². The van der Waals surface area contributed by atoms with Gasteiger partial charge in [-0.3, -0.25) is 5.10 Å². The molecule has 2 heterocycles. The van der Waals surface area contributed by atoms with Crippen molar-refractivity contribution in [3.05, 3.63) is 54.0 Å². The van der Waals surface area contributed by atoms with E-state index < -0.39 is 0 Å². The number of hydrogen-bond acceptors (Lipinski definition) is 5. The quantitative estimate of drug-likeness (QED) is 0.546. The Morgan fingerprint density at radius 3 is 2.81 bits per heavy atom. The lowest BCUT2D eigenvalue weighted by molar-refractivity contribution is 0.244. The van der Waals surface area contributed by atoms with E-state index in [2.05, 4.69) is 25.2 Å². The molecule has 2 aromatic heterocycles. The fraction of sp³-hybridized carbons (Fsp3) is 0.158. The lowest BCUT2D eigenvalue weighted by Crippen LogP contribution is -2.05. The SMILES string of the molecule is [C-]#[N+]c1cc(-c2nc(-c3ccc4[nH]ncc4c3)no2)ccc1OC(C)C. The fourth-order valence-corrected chi connectivity index (χ4v) is 2.63. The minimum absolute atomic E-state index is 0.00537. The molecule has 0 aliphatic rings. The second kappa shape index (κ2) is 6.33. The standard InChI is InChI=1S/C19H15N5O2/c1-11(2)25-17-7-5-13(9-16(17)20-3)19-22-18(24-26-19)12-4-6-15-14(8-12)10-21-23-15/h4-11H,1-2H3,(H,21,23). The molecule has 0 unspecified atom stereocenters. The molecule has 128 valence electrons. The first-order valence-corrected chi connectivity index (χ1v) is 8.10. The summed E-state index contributed by atoms with van der Waals surface area (Å²) >= 11 is 0. The summed E-state index contributed by atoms with van der Waals surface area (Å²) in [5.74, 6) is 1.38. The van der Waals surface area contributed by atoms with E-state index in [4.69, 9.17) is 15.8 Å². The van der Waals surface area contributed by atoms with E-state index in [0.717, 1.165) is 16.5 Å². The van der Waals surface area contributed by atoms with Crippen LogP contribution in [-0.2, 0) is 0 Å². The predicted molar refractivity (Wildman–Crippen MR) is 96.8 cm³/mol. The number of nitrogens with zero attached hydrogens (tertiary/aromatic N) is 4. The average molecular weight is 345 g/mol. The molecular formula is C19H15N5O2. The van der Waals surface area contributed by atoms with Crippen molar-refractivity contribution >= 4 is 16.6 Å². The first-order valence-electron chi connectivity index (χ1n) is 8.10. The van der Waals surface area contributed by atoms with E-state index in [1.54, 1.807) is 18.3 Å². The molecule has 4 rings (SSSR count). The Bertz CT molecular complexity index is 1120. The second-order valence-electron chi connectivity index (χ2n) is 6.06. The van der Waals surface area contributed by atoms with Crippen LogP contribution in [0.5, 0.6) is 5.75 Å². The van der Waals surface area contributed by atoms with Gasteiger partial charge in [0.2, 0.25) is 11.5 Å². The van der Waals surface area contributed by atoms with Gasteiger partial charge in [-0.05, 0) is 50.2 Å². The first kappa shape index (κ1) is 15.8. The fourth-order valence-electron chi connectivity index (χ4n) is 2.63. The van der Waals surface area contributed by atoms with Crippen molar-refractivity contribution in [1.29, 1.82) is 0 Å². The molecule has 0 bridgehead atoms. The van der Waals surface area contributed by atoms with Crippen LogP contribution in [-0.4, -0.2) is 26.4 Å². The number of aromatic amines is 1. The van der Waals surface area contributed by atoms with Crippen LogP contribution in [0.1, 0.15) is 13.8 Å². The van der Waals surface area contributed by atoms with Crippen LogP contribution >= 0.6 is 0 Å². The van der Waals surface area contributed by atoms with Gasteiger partial charge in [0, 0.05) is 16.5 Å². The highest BCUT2D eigenvalue weighted by Gasteiger charge is 2.14. The third-order valence-electron chi connectivity index (χ3n) is 3.81. The Kier molecular flexibility index (Phi) is 3.86. The topological polar surface area (TPSA) is 81.2 Å². The van der Waals surface area contributed by atoms with Gasteiger partial charge in [-0.1, -0.05) is 5.16 Å². The molecule has 0 radical (unpaired) electrons. The van der Waals surface area contributed by atoms with E-state index >= 15 is 0 Å². The maximum Gasteiger partial charge on any atom is 0.256 e. The molecule has 7 nitrogen and oxygen atoms in total. The Morgan fingerprint density at radius 1 is 1.15 bits per heavy atom. The molecule has 0 saturated heterocycles. The Labute approximate surface area is 149 Å². The molecule has 0 aliphatic heterocycles. The Hall–Kier alpha value is -3.66. The largest absolute Gasteiger partial charge is 0.502 e. The lowest BCUT2D eigenvalue weighted by atomic mass is 10.1. The van der Waals surface area contributed by atoms with Gasteiger partial charge in [0.1, 0.15) is 5.75 Å². The number of rotatable bonds is 4.